The molecule has 0 amide bonds. The van der Waals surface area contributed by atoms with Crippen molar-refractivity contribution in [2.24, 2.45) is 7.05 Å². The Balaban J connectivity index is 2.14. The van der Waals surface area contributed by atoms with Gasteiger partial charge in [0.2, 0.25) is 12.1 Å². The summed E-state index contributed by atoms with van der Waals surface area (Å²) in [6.07, 6.45) is 3.10. The summed E-state index contributed by atoms with van der Waals surface area (Å²) in [4.78, 5) is 14.2. The number of anilines is 1. The third kappa shape index (κ3) is 2.61. The second kappa shape index (κ2) is 4.56. The molecule has 7 nitrogen and oxygen atoms in total. The molecular weight excluding hydrogens is 236 g/mol. The molecule has 1 aromatic rings. The van der Waals surface area contributed by atoms with E-state index in [0.29, 0.717) is 12.4 Å². The first-order valence-electron chi connectivity index (χ1n) is 5.95. The van der Waals surface area contributed by atoms with Crippen LogP contribution in [0.4, 0.5) is 11.6 Å². The standard InChI is InChI=1S/C11H18N4O3/c1-11(2)6-8(4-5-18-11)13-10-9(15(16)17)12-7-14(10)3/h7-8,13H,4-6H2,1-3H3. The topological polar surface area (TPSA) is 82.2 Å². The summed E-state index contributed by atoms with van der Waals surface area (Å²) in [5.74, 6) is 0.337. The minimum atomic E-state index is -0.465. The van der Waals surface area contributed by atoms with Crippen LogP contribution in [0.3, 0.4) is 0 Å². The van der Waals surface area contributed by atoms with Crippen molar-refractivity contribution in [1.82, 2.24) is 9.55 Å². The third-order valence-corrected chi connectivity index (χ3v) is 3.13. The van der Waals surface area contributed by atoms with Crippen molar-refractivity contribution in [2.45, 2.75) is 38.3 Å². The molecule has 7 heteroatoms. The smallest absolute Gasteiger partial charge is 0.375 e. The highest BCUT2D eigenvalue weighted by Gasteiger charge is 2.31. The van der Waals surface area contributed by atoms with E-state index in [4.69, 9.17) is 4.74 Å². The number of nitrogens with one attached hydrogen (secondary N) is 1. The van der Waals surface area contributed by atoms with Crippen LogP contribution in [0.1, 0.15) is 26.7 Å². The van der Waals surface area contributed by atoms with E-state index < -0.39 is 4.92 Å². The molecular formula is C11H18N4O3. The highest BCUT2D eigenvalue weighted by Crippen LogP contribution is 2.29. The largest absolute Gasteiger partial charge is 0.406 e. The zero-order valence-electron chi connectivity index (χ0n) is 10.8. The molecule has 0 bridgehead atoms. The Labute approximate surface area is 105 Å². The first-order valence-corrected chi connectivity index (χ1v) is 5.95. The molecule has 0 radical (unpaired) electrons. The predicted octanol–water partition coefficient (Wildman–Crippen LogP) is 1.70. The van der Waals surface area contributed by atoms with Crippen LogP contribution in [0.15, 0.2) is 6.33 Å². The lowest BCUT2D eigenvalue weighted by Crippen LogP contribution is -2.40. The number of imidazole rings is 1. The quantitative estimate of drug-likeness (QED) is 0.655. The highest BCUT2D eigenvalue weighted by atomic mass is 16.6. The van der Waals surface area contributed by atoms with Gasteiger partial charge in [0.25, 0.3) is 0 Å². The molecule has 1 aromatic heterocycles. The minimum Gasteiger partial charge on any atom is -0.375 e. The molecule has 1 fully saturated rings. The van der Waals surface area contributed by atoms with Crippen LogP contribution in [0.2, 0.25) is 0 Å². The molecule has 1 aliphatic rings. The summed E-state index contributed by atoms with van der Waals surface area (Å²) in [7, 11) is 1.74. The lowest BCUT2D eigenvalue weighted by molar-refractivity contribution is -0.388. The molecule has 1 unspecified atom stereocenters. The number of nitro groups is 1. The maximum absolute atomic E-state index is 10.9. The van der Waals surface area contributed by atoms with E-state index in [1.807, 2.05) is 13.8 Å². The van der Waals surface area contributed by atoms with Gasteiger partial charge in [-0.05, 0) is 36.6 Å². The Kier molecular flexibility index (Phi) is 3.25. The summed E-state index contributed by atoms with van der Waals surface area (Å²) in [5.41, 5.74) is -0.191. The van der Waals surface area contributed by atoms with Gasteiger partial charge in [-0.3, -0.25) is 4.57 Å². The van der Waals surface area contributed by atoms with E-state index in [-0.39, 0.29) is 17.5 Å². The number of ether oxygens (including phenoxy) is 1. The zero-order chi connectivity index (χ0) is 13.3. The minimum absolute atomic E-state index is 0.123. The fourth-order valence-corrected chi connectivity index (χ4v) is 2.27. The van der Waals surface area contributed by atoms with Gasteiger partial charge in [0, 0.05) is 19.7 Å². The molecule has 100 valence electrons. The van der Waals surface area contributed by atoms with Crippen LogP contribution in [0, 0.1) is 10.1 Å². The van der Waals surface area contributed by atoms with Crippen molar-refractivity contribution in [3.05, 3.63) is 16.4 Å². The third-order valence-electron chi connectivity index (χ3n) is 3.13. The number of hydrogen-bond donors (Lipinski definition) is 1. The van der Waals surface area contributed by atoms with Gasteiger partial charge in [0.05, 0.1) is 5.60 Å². The van der Waals surface area contributed by atoms with E-state index in [1.54, 1.807) is 11.6 Å². The van der Waals surface area contributed by atoms with Crippen molar-refractivity contribution in [2.75, 3.05) is 11.9 Å². The van der Waals surface area contributed by atoms with Crippen LogP contribution in [0.5, 0.6) is 0 Å². The molecule has 2 heterocycles. The van der Waals surface area contributed by atoms with E-state index in [2.05, 4.69) is 10.3 Å². The molecule has 0 spiro atoms. The van der Waals surface area contributed by atoms with Crippen LogP contribution < -0.4 is 5.32 Å². The monoisotopic (exact) mass is 254 g/mol. The number of rotatable bonds is 3. The molecule has 18 heavy (non-hydrogen) atoms. The number of aryl methyl sites for hydroxylation is 1. The molecule has 2 rings (SSSR count). The van der Waals surface area contributed by atoms with Crippen molar-refractivity contribution >= 4 is 11.6 Å². The summed E-state index contributed by atoms with van der Waals surface area (Å²) in [5, 5.41) is 14.1. The molecule has 1 saturated heterocycles. The average molecular weight is 254 g/mol. The van der Waals surface area contributed by atoms with Gasteiger partial charge >= 0.3 is 5.82 Å². The second-order valence-electron chi connectivity index (χ2n) is 5.23. The van der Waals surface area contributed by atoms with Crippen molar-refractivity contribution in [3.63, 3.8) is 0 Å². The van der Waals surface area contributed by atoms with E-state index in [0.717, 1.165) is 12.8 Å². The van der Waals surface area contributed by atoms with E-state index in [9.17, 15) is 10.1 Å². The number of hydrogen-bond acceptors (Lipinski definition) is 5. The van der Waals surface area contributed by atoms with Crippen molar-refractivity contribution < 1.29 is 9.66 Å². The first kappa shape index (κ1) is 12.8. The van der Waals surface area contributed by atoms with Gasteiger partial charge in [-0.25, -0.2) is 0 Å². The predicted molar refractivity (Wildman–Crippen MR) is 66.5 cm³/mol. The van der Waals surface area contributed by atoms with E-state index in [1.165, 1.54) is 6.33 Å². The fourth-order valence-electron chi connectivity index (χ4n) is 2.27. The summed E-state index contributed by atoms with van der Waals surface area (Å²) in [6, 6.07) is 0.169. The van der Waals surface area contributed by atoms with Crippen LogP contribution in [-0.2, 0) is 11.8 Å². The Bertz CT molecular complexity index is 455. The number of aromatic nitrogens is 2. The first-order chi connectivity index (χ1) is 8.39. The van der Waals surface area contributed by atoms with Gasteiger partial charge in [0.15, 0.2) is 0 Å². The van der Waals surface area contributed by atoms with E-state index >= 15 is 0 Å². The lowest BCUT2D eigenvalue weighted by atomic mass is 9.94. The van der Waals surface area contributed by atoms with Gasteiger partial charge in [-0.2, -0.15) is 0 Å². The van der Waals surface area contributed by atoms with Gasteiger partial charge in [-0.15, -0.1) is 0 Å². The number of nitrogens with zero attached hydrogens (tertiary/aromatic N) is 3. The molecule has 1 atom stereocenters. The lowest BCUT2D eigenvalue weighted by Gasteiger charge is -2.35. The Morgan fingerprint density at radius 1 is 1.67 bits per heavy atom. The van der Waals surface area contributed by atoms with Crippen molar-refractivity contribution in [1.29, 1.82) is 0 Å². The fraction of sp³-hybridized carbons (Fsp3) is 0.727. The highest BCUT2D eigenvalue weighted by molar-refractivity contribution is 5.52. The van der Waals surface area contributed by atoms with Gasteiger partial charge < -0.3 is 20.2 Å². The zero-order valence-corrected chi connectivity index (χ0v) is 10.8. The Morgan fingerprint density at radius 2 is 2.39 bits per heavy atom. The average Bonchev–Trinajstić information content (AvgIpc) is 2.59. The molecule has 1 aliphatic heterocycles. The summed E-state index contributed by atoms with van der Waals surface area (Å²) < 4.78 is 7.27. The van der Waals surface area contributed by atoms with Crippen LogP contribution >= 0.6 is 0 Å². The normalized spacial score (nSPS) is 22.7. The maximum atomic E-state index is 10.9. The summed E-state index contributed by atoms with van der Waals surface area (Å²) >= 11 is 0. The van der Waals surface area contributed by atoms with Crippen LogP contribution in [0.25, 0.3) is 0 Å². The molecule has 1 N–H and O–H groups in total. The molecule has 0 saturated carbocycles. The Hall–Kier alpha value is -1.63. The second-order valence-corrected chi connectivity index (χ2v) is 5.23. The van der Waals surface area contributed by atoms with Gasteiger partial charge in [0.1, 0.15) is 0 Å². The molecule has 0 aromatic carbocycles. The van der Waals surface area contributed by atoms with Crippen molar-refractivity contribution in [3.8, 4) is 0 Å². The van der Waals surface area contributed by atoms with Crippen LogP contribution in [-0.4, -0.2) is 32.7 Å². The summed E-state index contributed by atoms with van der Waals surface area (Å²) in [6.45, 7) is 4.72. The molecule has 0 aliphatic carbocycles. The Morgan fingerprint density at radius 3 is 3.00 bits per heavy atom. The van der Waals surface area contributed by atoms with Gasteiger partial charge in [-0.1, -0.05) is 0 Å². The SMILES string of the molecule is Cn1cnc([N+](=O)[O-])c1NC1CCOC(C)(C)C1. The maximum Gasteiger partial charge on any atom is 0.406 e.